The summed E-state index contributed by atoms with van der Waals surface area (Å²) in [5.74, 6) is 0.859. The number of piperazine rings is 1. The molecule has 1 aliphatic heterocycles. The van der Waals surface area contributed by atoms with Gasteiger partial charge in [-0.2, -0.15) is 0 Å². The number of hydrogen-bond donors (Lipinski definition) is 0. The van der Waals surface area contributed by atoms with Crippen LogP contribution >= 0.6 is 0 Å². The molecule has 1 fully saturated rings. The molecule has 1 aromatic heterocycles. The number of carbonyl (C=O) groups is 2. The van der Waals surface area contributed by atoms with Gasteiger partial charge in [-0.1, -0.05) is 49.3 Å². The van der Waals surface area contributed by atoms with Crippen LogP contribution in [0, 0.1) is 0 Å². The second-order valence-electron chi connectivity index (χ2n) is 7.26. The van der Waals surface area contributed by atoms with Gasteiger partial charge in [-0.25, -0.2) is 0 Å². The Morgan fingerprint density at radius 3 is 2.24 bits per heavy atom. The summed E-state index contributed by atoms with van der Waals surface area (Å²) < 4.78 is 5.37. The average Bonchev–Trinajstić information content (AvgIpc) is 3.23. The van der Waals surface area contributed by atoms with Crippen molar-refractivity contribution in [1.29, 1.82) is 0 Å². The van der Waals surface area contributed by atoms with Gasteiger partial charge in [-0.05, 0) is 13.1 Å². The van der Waals surface area contributed by atoms with Crippen LogP contribution in [0.15, 0.2) is 40.9 Å². The molecule has 0 unspecified atom stereocenters. The smallest absolute Gasteiger partial charge is 0.228 e. The number of benzene rings is 1. The molecule has 1 aliphatic rings. The molecular weight excluding hydrogens is 368 g/mol. The van der Waals surface area contributed by atoms with E-state index in [4.69, 9.17) is 4.52 Å². The summed E-state index contributed by atoms with van der Waals surface area (Å²) in [4.78, 5) is 31.0. The number of aromatic nitrogens is 1. The summed E-state index contributed by atoms with van der Waals surface area (Å²) in [6.45, 7) is 9.25. The molecule has 0 saturated carbocycles. The van der Waals surface area contributed by atoms with E-state index in [1.807, 2.05) is 46.2 Å². The van der Waals surface area contributed by atoms with Gasteiger partial charge in [0.05, 0.1) is 12.1 Å². The van der Waals surface area contributed by atoms with Crippen LogP contribution in [0.4, 0.5) is 0 Å². The van der Waals surface area contributed by atoms with Crippen molar-refractivity contribution < 1.29 is 14.1 Å². The number of hydrogen-bond acceptors (Lipinski definition) is 5. The van der Waals surface area contributed by atoms with E-state index in [-0.39, 0.29) is 18.2 Å². The molecule has 0 bridgehead atoms. The van der Waals surface area contributed by atoms with Crippen molar-refractivity contribution >= 4 is 11.8 Å². The Balaban J connectivity index is 1.45. The number of amides is 2. The van der Waals surface area contributed by atoms with Gasteiger partial charge in [-0.3, -0.25) is 9.59 Å². The van der Waals surface area contributed by atoms with Gasteiger partial charge in [0.1, 0.15) is 0 Å². The Morgan fingerprint density at radius 1 is 1.00 bits per heavy atom. The minimum Gasteiger partial charge on any atom is -0.356 e. The van der Waals surface area contributed by atoms with E-state index in [1.165, 1.54) is 0 Å². The van der Waals surface area contributed by atoms with Gasteiger partial charge in [0.15, 0.2) is 5.76 Å². The van der Waals surface area contributed by atoms with Crippen molar-refractivity contribution in [3.8, 4) is 11.3 Å². The van der Waals surface area contributed by atoms with Crippen LogP contribution < -0.4 is 0 Å². The summed E-state index contributed by atoms with van der Waals surface area (Å²) in [5.41, 5.74) is 1.57. The van der Waals surface area contributed by atoms with Crippen LogP contribution in [0.3, 0.4) is 0 Å². The van der Waals surface area contributed by atoms with Crippen LogP contribution in [0.2, 0.25) is 0 Å². The zero-order valence-electron chi connectivity index (χ0n) is 17.3. The second-order valence-corrected chi connectivity index (χ2v) is 7.26. The molecule has 2 amide bonds. The number of nitrogens with zero attached hydrogens (tertiary/aromatic N) is 4. The van der Waals surface area contributed by atoms with Crippen molar-refractivity contribution in [2.24, 2.45) is 0 Å². The van der Waals surface area contributed by atoms with Crippen LogP contribution in [-0.2, 0) is 16.0 Å². The van der Waals surface area contributed by atoms with Crippen LogP contribution in [0.1, 0.15) is 26.0 Å². The SMILES string of the molecule is CCN(CC)CCC(=O)N1CCN(C(=O)Cc2cc(-c3ccccc3)on2)CC1. The molecule has 156 valence electrons. The summed E-state index contributed by atoms with van der Waals surface area (Å²) in [6.07, 6.45) is 0.753. The summed E-state index contributed by atoms with van der Waals surface area (Å²) in [5, 5.41) is 4.04. The molecular formula is C22H30N4O3. The highest BCUT2D eigenvalue weighted by molar-refractivity contribution is 5.80. The van der Waals surface area contributed by atoms with Gasteiger partial charge in [-0.15, -0.1) is 0 Å². The summed E-state index contributed by atoms with van der Waals surface area (Å²) in [6, 6.07) is 11.5. The molecule has 0 spiro atoms. The van der Waals surface area contributed by atoms with Gasteiger partial charge in [0, 0.05) is 50.8 Å². The van der Waals surface area contributed by atoms with Gasteiger partial charge in [0.25, 0.3) is 0 Å². The van der Waals surface area contributed by atoms with E-state index in [2.05, 4.69) is 23.9 Å². The number of carbonyl (C=O) groups excluding carboxylic acids is 2. The first-order valence-electron chi connectivity index (χ1n) is 10.4. The Hall–Kier alpha value is -2.67. The highest BCUT2D eigenvalue weighted by Gasteiger charge is 2.25. The lowest BCUT2D eigenvalue weighted by Gasteiger charge is -2.35. The van der Waals surface area contributed by atoms with Crippen LogP contribution in [0.5, 0.6) is 0 Å². The maximum absolute atomic E-state index is 12.6. The lowest BCUT2D eigenvalue weighted by atomic mass is 10.1. The third-order valence-electron chi connectivity index (χ3n) is 5.47. The lowest BCUT2D eigenvalue weighted by Crippen LogP contribution is -2.51. The van der Waals surface area contributed by atoms with E-state index in [0.717, 1.165) is 25.2 Å². The fourth-order valence-electron chi connectivity index (χ4n) is 3.56. The maximum Gasteiger partial charge on any atom is 0.228 e. The molecule has 3 rings (SSSR count). The molecule has 0 atom stereocenters. The van der Waals surface area contributed by atoms with Crippen LogP contribution in [0.25, 0.3) is 11.3 Å². The fourth-order valence-corrected chi connectivity index (χ4v) is 3.56. The number of rotatable bonds is 8. The van der Waals surface area contributed by atoms with E-state index < -0.39 is 0 Å². The molecule has 7 heteroatoms. The summed E-state index contributed by atoms with van der Waals surface area (Å²) >= 11 is 0. The highest BCUT2D eigenvalue weighted by Crippen LogP contribution is 2.20. The van der Waals surface area contributed by atoms with E-state index in [9.17, 15) is 9.59 Å². The van der Waals surface area contributed by atoms with Crippen molar-refractivity contribution in [2.45, 2.75) is 26.7 Å². The van der Waals surface area contributed by atoms with E-state index >= 15 is 0 Å². The first-order valence-corrected chi connectivity index (χ1v) is 10.4. The monoisotopic (exact) mass is 398 g/mol. The third kappa shape index (κ3) is 5.67. The molecule has 0 N–H and O–H groups in total. The quantitative estimate of drug-likeness (QED) is 0.682. The molecule has 2 aromatic rings. The Kier molecular flexibility index (Phi) is 7.41. The third-order valence-corrected chi connectivity index (χ3v) is 5.47. The highest BCUT2D eigenvalue weighted by atomic mass is 16.5. The van der Waals surface area contributed by atoms with E-state index in [1.54, 1.807) is 0 Å². The van der Waals surface area contributed by atoms with Crippen LogP contribution in [-0.4, -0.2) is 77.5 Å². The Labute approximate surface area is 172 Å². The zero-order valence-corrected chi connectivity index (χ0v) is 17.3. The van der Waals surface area contributed by atoms with Crippen molar-refractivity contribution in [3.63, 3.8) is 0 Å². The Bertz CT molecular complexity index is 793. The first kappa shape index (κ1) is 21.0. The Morgan fingerprint density at radius 2 is 1.62 bits per heavy atom. The molecule has 7 nitrogen and oxygen atoms in total. The van der Waals surface area contributed by atoms with Gasteiger partial charge < -0.3 is 19.2 Å². The standard InChI is InChI=1S/C22H30N4O3/c1-3-24(4-2)11-10-21(27)25-12-14-26(15-13-25)22(28)17-19-16-20(29-23-19)18-8-6-5-7-9-18/h5-9,16H,3-4,10-15,17H2,1-2H3. The molecule has 1 aromatic carbocycles. The van der Waals surface area contributed by atoms with Crippen molar-refractivity contribution in [3.05, 3.63) is 42.1 Å². The minimum absolute atomic E-state index is 0.0214. The summed E-state index contributed by atoms with van der Waals surface area (Å²) in [7, 11) is 0. The first-order chi connectivity index (χ1) is 14.1. The van der Waals surface area contributed by atoms with Crippen molar-refractivity contribution in [1.82, 2.24) is 19.9 Å². The molecule has 1 saturated heterocycles. The lowest BCUT2D eigenvalue weighted by molar-refractivity contribution is -0.139. The molecule has 0 aliphatic carbocycles. The van der Waals surface area contributed by atoms with E-state index in [0.29, 0.717) is 44.1 Å². The molecule has 2 heterocycles. The van der Waals surface area contributed by atoms with Gasteiger partial charge in [0.2, 0.25) is 11.8 Å². The molecule has 29 heavy (non-hydrogen) atoms. The average molecular weight is 399 g/mol. The largest absolute Gasteiger partial charge is 0.356 e. The maximum atomic E-state index is 12.6. The second kappa shape index (κ2) is 10.2. The fraction of sp³-hybridized carbons (Fsp3) is 0.500. The normalized spacial score (nSPS) is 14.4. The van der Waals surface area contributed by atoms with Gasteiger partial charge >= 0.3 is 0 Å². The predicted octanol–water partition coefficient (Wildman–Crippen LogP) is 2.29. The topological polar surface area (TPSA) is 69.9 Å². The minimum atomic E-state index is 0.0214. The predicted molar refractivity (Wildman–Crippen MR) is 111 cm³/mol. The molecule has 0 radical (unpaired) electrons. The zero-order chi connectivity index (χ0) is 20.6. The van der Waals surface area contributed by atoms with Crippen molar-refractivity contribution in [2.75, 3.05) is 45.8 Å².